The van der Waals surface area contributed by atoms with Gasteiger partial charge in [0.25, 0.3) is 11.8 Å². The molecule has 1 aliphatic carbocycles. The number of aromatic hydroxyl groups is 1. The lowest BCUT2D eigenvalue weighted by Gasteiger charge is -2.49. The molecular weight excluding hydrogens is 554 g/mol. The smallest absolute Gasteiger partial charge is 0.347 e. The standard InChI is InChI=1S/C26H21Cl2FN4O6/c1-30-23(37)31-11-10-15-16(33(31)24(30)38)12-25(27)21(35)32(14-8-6-13(29)7-9-14)22(36)26(25,28)20(15)19-17(34)4-3-5-18(19)39-2/h3-10,16,20,34H,11-12H2,1-2H3/t16-,20-,25-,26+/m1/s1. The summed E-state index contributed by atoms with van der Waals surface area (Å²) in [6.45, 7) is -0.0285. The number of phenolic OH excluding ortho intramolecular Hbond substituents is 1. The first-order valence-electron chi connectivity index (χ1n) is 11.9. The van der Waals surface area contributed by atoms with Gasteiger partial charge in [0, 0.05) is 24.9 Å². The summed E-state index contributed by atoms with van der Waals surface area (Å²) >= 11 is 14.4. The van der Waals surface area contributed by atoms with Gasteiger partial charge in [0.05, 0.1) is 25.4 Å². The Labute approximate surface area is 230 Å². The highest BCUT2D eigenvalue weighted by Crippen LogP contribution is 2.65. The topological polar surface area (TPSA) is 116 Å². The van der Waals surface area contributed by atoms with E-state index in [0.29, 0.717) is 5.57 Å². The number of benzene rings is 2. The molecule has 1 saturated carbocycles. The van der Waals surface area contributed by atoms with Crippen LogP contribution in [0.2, 0.25) is 0 Å². The van der Waals surface area contributed by atoms with Gasteiger partial charge < -0.3 is 9.84 Å². The number of carbonyl (C=O) groups is 2. The zero-order chi connectivity index (χ0) is 28.0. The quantitative estimate of drug-likeness (QED) is 0.292. The number of ether oxygens (including phenoxy) is 1. The van der Waals surface area contributed by atoms with E-state index in [2.05, 4.69) is 0 Å². The molecule has 0 bridgehead atoms. The lowest BCUT2D eigenvalue weighted by Crippen LogP contribution is -2.59. The molecule has 2 aliphatic heterocycles. The summed E-state index contributed by atoms with van der Waals surface area (Å²) in [4.78, 5) is 50.7. The number of nitrogens with zero attached hydrogens (tertiary/aromatic N) is 4. The molecule has 0 radical (unpaired) electrons. The maximum Gasteiger partial charge on any atom is 0.347 e. The van der Waals surface area contributed by atoms with Gasteiger partial charge in [-0.2, -0.15) is 0 Å². The van der Waals surface area contributed by atoms with Crippen LogP contribution >= 0.6 is 23.2 Å². The van der Waals surface area contributed by atoms with Crippen molar-refractivity contribution in [1.29, 1.82) is 0 Å². The first-order valence-corrected chi connectivity index (χ1v) is 12.7. The predicted octanol–water partition coefficient (Wildman–Crippen LogP) is 2.40. The monoisotopic (exact) mass is 574 g/mol. The number of aromatic nitrogens is 3. The van der Waals surface area contributed by atoms with Gasteiger partial charge in [-0.05, 0) is 42.0 Å². The third-order valence-corrected chi connectivity index (χ3v) is 9.32. The first-order chi connectivity index (χ1) is 18.5. The van der Waals surface area contributed by atoms with E-state index in [1.54, 1.807) is 12.1 Å². The van der Waals surface area contributed by atoms with Crippen molar-refractivity contribution in [3.05, 3.63) is 86.5 Å². The third-order valence-electron chi connectivity index (χ3n) is 7.91. The minimum absolute atomic E-state index is 0.0285. The predicted molar refractivity (Wildman–Crippen MR) is 139 cm³/mol. The van der Waals surface area contributed by atoms with Crippen molar-refractivity contribution >= 4 is 40.7 Å². The molecular formula is C26H21Cl2FN4O6. The average molecular weight is 575 g/mol. The van der Waals surface area contributed by atoms with Gasteiger partial charge >= 0.3 is 11.4 Å². The number of amides is 2. The molecule has 3 aromatic rings. The van der Waals surface area contributed by atoms with Crippen LogP contribution in [0.4, 0.5) is 10.1 Å². The summed E-state index contributed by atoms with van der Waals surface area (Å²) in [5, 5.41) is 11.1. The van der Waals surface area contributed by atoms with Gasteiger partial charge in [-0.3, -0.25) is 9.59 Å². The maximum absolute atomic E-state index is 14.2. The Bertz CT molecular complexity index is 1730. The number of carbonyl (C=O) groups excluding carboxylic acids is 2. The van der Waals surface area contributed by atoms with Gasteiger partial charge in [-0.25, -0.2) is 32.8 Å². The van der Waals surface area contributed by atoms with E-state index in [1.807, 2.05) is 0 Å². The van der Waals surface area contributed by atoms with Gasteiger partial charge in [-0.1, -0.05) is 12.1 Å². The summed E-state index contributed by atoms with van der Waals surface area (Å²) in [7, 11) is 2.70. The molecule has 6 rings (SSSR count). The van der Waals surface area contributed by atoms with Crippen LogP contribution < -0.4 is 21.0 Å². The minimum Gasteiger partial charge on any atom is -0.508 e. The number of phenols is 1. The Morgan fingerprint density at radius 1 is 1.03 bits per heavy atom. The van der Waals surface area contributed by atoms with E-state index in [0.717, 1.165) is 21.6 Å². The molecule has 39 heavy (non-hydrogen) atoms. The number of anilines is 1. The molecule has 10 nitrogen and oxygen atoms in total. The lowest BCUT2D eigenvalue weighted by molar-refractivity contribution is -0.122. The lowest BCUT2D eigenvalue weighted by atomic mass is 9.64. The fourth-order valence-corrected chi connectivity index (χ4v) is 6.99. The number of rotatable bonds is 3. The number of alkyl halides is 2. The summed E-state index contributed by atoms with van der Waals surface area (Å²) in [5.74, 6) is -3.70. The molecule has 1 N–H and O–H groups in total. The number of hydrogen-bond acceptors (Lipinski definition) is 6. The Morgan fingerprint density at radius 2 is 1.72 bits per heavy atom. The average Bonchev–Trinajstić information content (AvgIpc) is 3.22. The Balaban J connectivity index is 1.66. The molecule has 202 valence electrons. The zero-order valence-electron chi connectivity index (χ0n) is 20.6. The second kappa shape index (κ2) is 8.33. The zero-order valence-corrected chi connectivity index (χ0v) is 22.1. The number of hydrogen-bond donors (Lipinski definition) is 1. The molecule has 0 unspecified atom stereocenters. The summed E-state index contributed by atoms with van der Waals surface area (Å²) in [6, 6.07) is 8.19. The van der Waals surface area contributed by atoms with Gasteiger partial charge in [0.1, 0.15) is 17.3 Å². The second-order valence-corrected chi connectivity index (χ2v) is 11.0. The Hall–Kier alpha value is -3.83. The van der Waals surface area contributed by atoms with E-state index in [4.69, 9.17) is 27.9 Å². The Morgan fingerprint density at radius 3 is 2.38 bits per heavy atom. The van der Waals surface area contributed by atoms with Crippen molar-refractivity contribution in [3.63, 3.8) is 0 Å². The second-order valence-electron chi connectivity index (χ2n) is 9.74. The largest absolute Gasteiger partial charge is 0.508 e. The minimum atomic E-state index is -2.20. The van der Waals surface area contributed by atoms with E-state index in [-0.39, 0.29) is 35.7 Å². The summed E-state index contributed by atoms with van der Waals surface area (Å²) in [5.41, 5.74) is -0.656. The van der Waals surface area contributed by atoms with Gasteiger partial charge in [0.15, 0.2) is 9.75 Å². The van der Waals surface area contributed by atoms with Crippen molar-refractivity contribution in [1.82, 2.24) is 13.9 Å². The van der Waals surface area contributed by atoms with Crippen LogP contribution in [-0.4, -0.2) is 47.7 Å². The highest BCUT2D eigenvalue weighted by molar-refractivity contribution is 6.58. The molecule has 2 amide bonds. The van der Waals surface area contributed by atoms with Crippen molar-refractivity contribution in [2.24, 2.45) is 7.05 Å². The molecule has 2 aromatic carbocycles. The van der Waals surface area contributed by atoms with Crippen molar-refractivity contribution in [2.75, 3.05) is 12.0 Å². The van der Waals surface area contributed by atoms with E-state index >= 15 is 0 Å². The van der Waals surface area contributed by atoms with Crippen LogP contribution in [0.1, 0.15) is 23.9 Å². The van der Waals surface area contributed by atoms with E-state index in [9.17, 15) is 28.7 Å². The maximum atomic E-state index is 14.2. The van der Waals surface area contributed by atoms with Crippen LogP contribution in [0.3, 0.4) is 0 Å². The van der Waals surface area contributed by atoms with Crippen molar-refractivity contribution in [2.45, 2.75) is 34.7 Å². The highest BCUT2D eigenvalue weighted by atomic mass is 35.5. The van der Waals surface area contributed by atoms with E-state index in [1.165, 1.54) is 47.8 Å². The van der Waals surface area contributed by atoms with Crippen molar-refractivity contribution < 1.29 is 23.8 Å². The van der Waals surface area contributed by atoms with Crippen LogP contribution in [-0.2, 0) is 23.2 Å². The molecule has 2 fully saturated rings. The third kappa shape index (κ3) is 3.08. The Kier molecular flexibility index (Phi) is 5.44. The summed E-state index contributed by atoms with van der Waals surface area (Å²) < 4.78 is 22.6. The molecule has 0 spiro atoms. The molecule has 4 atom stereocenters. The van der Waals surface area contributed by atoms with Crippen LogP contribution in [0.5, 0.6) is 11.5 Å². The highest BCUT2D eigenvalue weighted by Gasteiger charge is 2.76. The molecule has 13 heteroatoms. The molecule has 1 saturated heterocycles. The van der Waals surface area contributed by atoms with Gasteiger partial charge in [-0.15, -0.1) is 23.2 Å². The summed E-state index contributed by atoms with van der Waals surface area (Å²) in [6.07, 6.45) is 1.34. The van der Waals surface area contributed by atoms with Crippen LogP contribution in [0.15, 0.2) is 63.7 Å². The normalized spacial score (nSPS) is 27.6. The van der Waals surface area contributed by atoms with Crippen molar-refractivity contribution in [3.8, 4) is 11.5 Å². The molecule has 3 heterocycles. The first kappa shape index (κ1) is 25.4. The van der Waals surface area contributed by atoms with E-state index < -0.39 is 50.7 Å². The number of fused-ring (bicyclic) bond motifs is 4. The number of imide groups is 1. The fraction of sp³-hybridized carbons (Fsp3) is 0.308. The molecule has 3 aliphatic rings. The number of allylic oxidation sites excluding steroid dienone is 2. The van der Waals surface area contributed by atoms with Gasteiger partial charge in [0.2, 0.25) is 0 Å². The van der Waals surface area contributed by atoms with Crippen LogP contribution in [0.25, 0.3) is 0 Å². The SMILES string of the molecule is COc1cccc(O)c1[C@H]1C2=CCn3c(=O)n(C)c(=O)n3[C@@H]2C[C@@]2(Cl)C(=O)N(c3ccc(F)cc3)C(=O)[C@@]12Cl. The molecule has 1 aromatic heterocycles. The number of halogens is 3. The van der Waals surface area contributed by atoms with Crippen LogP contribution in [0, 0.1) is 5.82 Å². The number of methoxy groups -OCH3 is 1. The fourth-order valence-electron chi connectivity index (χ4n) is 6.09.